The molecule has 0 fully saturated rings. The molecule has 0 nitrogen and oxygen atoms in total. The average Bonchev–Trinajstić information content (AvgIpc) is 3.07. The molecule has 0 atom stereocenters. The third-order valence-corrected chi connectivity index (χ3v) is 5.21. The highest BCUT2D eigenvalue weighted by atomic mass is 14.2. The van der Waals surface area contributed by atoms with Crippen LogP contribution in [0, 0.1) is 6.42 Å². The van der Waals surface area contributed by atoms with Crippen molar-refractivity contribution in [1.29, 1.82) is 0 Å². The molecule has 0 bridgehead atoms. The van der Waals surface area contributed by atoms with Gasteiger partial charge in [-0.1, -0.05) is 93.6 Å². The maximum absolute atomic E-state index is 2.40. The van der Waals surface area contributed by atoms with Crippen LogP contribution in [-0.4, -0.2) is 0 Å². The molecule has 2 aromatic carbocycles. The second kappa shape index (κ2) is 9.04. The second-order valence-corrected chi connectivity index (χ2v) is 7.28. The molecule has 0 amide bonds. The molecular formula is C25H31. The summed E-state index contributed by atoms with van der Waals surface area (Å²) in [5, 5.41) is 0. The molecule has 0 heterocycles. The summed E-state index contributed by atoms with van der Waals surface area (Å²) in [5.74, 6) is 0. The van der Waals surface area contributed by atoms with Gasteiger partial charge in [0.25, 0.3) is 0 Å². The predicted octanol–water partition coefficient (Wildman–Crippen LogP) is 7.62. The lowest BCUT2D eigenvalue weighted by atomic mass is 9.95. The van der Waals surface area contributed by atoms with Gasteiger partial charge in [0.05, 0.1) is 0 Å². The van der Waals surface area contributed by atoms with E-state index in [1.165, 1.54) is 84.8 Å². The number of unbranched alkanes of at least 4 members (excludes halogenated alkanes) is 4. The highest BCUT2D eigenvalue weighted by molar-refractivity contribution is 5.83. The Morgan fingerprint density at radius 2 is 1.52 bits per heavy atom. The molecule has 131 valence electrons. The van der Waals surface area contributed by atoms with Gasteiger partial charge < -0.3 is 0 Å². The first-order chi connectivity index (χ1) is 12.3. The largest absolute Gasteiger partial charge is 0.0654 e. The Bertz CT molecular complexity index is 703. The van der Waals surface area contributed by atoms with E-state index in [0.717, 1.165) is 0 Å². The molecule has 3 rings (SSSR count). The van der Waals surface area contributed by atoms with Gasteiger partial charge in [0.1, 0.15) is 0 Å². The van der Waals surface area contributed by atoms with E-state index in [2.05, 4.69) is 68.8 Å². The fourth-order valence-corrected chi connectivity index (χ4v) is 3.68. The van der Waals surface area contributed by atoms with Crippen LogP contribution in [0.5, 0.6) is 0 Å². The summed E-state index contributed by atoms with van der Waals surface area (Å²) in [7, 11) is 0. The van der Waals surface area contributed by atoms with Crippen molar-refractivity contribution in [3.8, 4) is 11.1 Å². The van der Waals surface area contributed by atoms with Crippen molar-refractivity contribution in [2.45, 2.75) is 65.2 Å². The summed E-state index contributed by atoms with van der Waals surface area (Å²) >= 11 is 0. The number of allylic oxidation sites excluding steroid dienone is 1. The first kappa shape index (κ1) is 18.0. The minimum Gasteiger partial charge on any atom is -0.0654 e. The van der Waals surface area contributed by atoms with E-state index in [9.17, 15) is 0 Å². The number of hydrogen-bond donors (Lipinski definition) is 0. The first-order valence-corrected chi connectivity index (χ1v) is 10.1. The Balaban J connectivity index is 1.73. The van der Waals surface area contributed by atoms with Crippen LogP contribution < -0.4 is 0 Å². The molecule has 0 unspecified atom stereocenters. The Hall–Kier alpha value is -1.82. The number of rotatable bonds is 9. The minimum absolute atomic E-state index is 1.20. The van der Waals surface area contributed by atoms with Crippen molar-refractivity contribution < 1.29 is 0 Å². The normalized spacial score (nSPS) is 13.0. The lowest BCUT2D eigenvalue weighted by Gasteiger charge is -2.09. The van der Waals surface area contributed by atoms with Gasteiger partial charge in [-0.05, 0) is 53.5 Å². The summed E-state index contributed by atoms with van der Waals surface area (Å²) in [6, 6.07) is 16.0. The molecular weight excluding hydrogens is 300 g/mol. The zero-order valence-electron chi connectivity index (χ0n) is 15.9. The quantitative estimate of drug-likeness (QED) is 0.415. The van der Waals surface area contributed by atoms with Crippen LogP contribution in [0.3, 0.4) is 0 Å². The van der Waals surface area contributed by atoms with Crippen LogP contribution >= 0.6 is 0 Å². The Labute approximate surface area is 154 Å². The summed E-state index contributed by atoms with van der Waals surface area (Å²) in [6.45, 7) is 4.53. The van der Waals surface area contributed by atoms with Gasteiger partial charge in [-0.25, -0.2) is 0 Å². The molecule has 0 spiro atoms. The predicted molar refractivity (Wildman–Crippen MR) is 111 cm³/mol. The SMILES string of the molecule is CCCCCCc1ccc(-c2cccc3c2C=C(CCCC)[CH]3)cc1. The molecule has 1 aliphatic carbocycles. The number of benzene rings is 2. The van der Waals surface area contributed by atoms with Crippen LogP contribution in [0.4, 0.5) is 0 Å². The van der Waals surface area contributed by atoms with E-state index in [4.69, 9.17) is 0 Å². The fourth-order valence-electron chi connectivity index (χ4n) is 3.68. The van der Waals surface area contributed by atoms with E-state index < -0.39 is 0 Å². The van der Waals surface area contributed by atoms with Crippen molar-refractivity contribution in [2.75, 3.05) is 0 Å². The summed E-state index contributed by atoms with van der Waals surface area (Å²) in [4.78, 5) is 0. The fraction of sp³-hybridized carbons (Fsp3) is 0.400. The van der Waals surface area contributed by atoms with Crippen molar-refractivity contribution in [2.24, 2.45) is 0 Å². The zero-order chi connectivity index (χ0) is 17.5. The highest BCUT2D eigenvalue weighted by Crippen LogP contribution is 2.36. The lowest BCUT2D eigenvalue weighted by Crippen LogP contribution is -1.89. The summed E-state index contributed by atoms with van der Waals surface area (Å²) in [6.07, 6.45) is 15.0. The Morgan fingerprint density at radius 1 is 0.720 bits per heavy atom. The number of aryl methyl sites for hydroxylation is 1. The Morgan fingerprint density at radius 3 is 2.28 bits per heavy atom. The van der Waals surface area contributed by atoms with Crippen LogP contribution in [0.2, 0.25) is 0 Å². The van der Waals surface area contributed by atoms with E-state index in [-0.39, 0.29) is 0 Å². The van der Waals surface area contributed by atoms with Gasteiger partial charge in [0, 0.05) is 6.42 Å². The van der Waals surface area contributed by atoms with E-state index in [1.807, 2.05) is 0 Å². The Kier molecular flexibility index (Phi) is 6.50. The van der Waals surface area contributed by atoms with Gasteiger partial charge in [-0.3, -0.25) is 0 Å². The van der Waals surface area contributed by atoms with E-state index in [0.29, 0.717) is 0 Å². The maximum Gasteiger partial charge on any atom is 0.0164 e. The molecule has 25 heavy (non-hydrogen) atoms. The van der Waals surface area contributed by atoms with Gasteiger partial charge in [0.2, 0.25) is 0 Å². The molecule has 0 aliphatic heterocycles. The van der Waals surface area contributed by atoms with Crippen LogP contribution in [0.25, 0.3) is 17.2 Å². The van der Waals surface area contributed by atoms with Crippen molar-refractivity contribution in [3.05, 3.63) is 71.1 Å². The van der Waals surface area contributed by atoms with Gasteiger partial charge in [0.15, 0.2) is 0 Å². The number of hydrogen-bond acceptors (Lipinski definition) is 0. The maximum atomic E-state index is 2.40. The molecule has 0 saturated carbocycles. The third-order valence-electron chi connectivity index (χ3n) is 5.21. The van der Waals surface area contributed by atoms with Gasteiger partial charge in [-0.15, -0.1) is 0 Å². The standard InChI is InChI=1S/C25H31/c1-3-5-7-8-11-20-14-16-22(17-15-20)24-13-9-12-23-18-21(10-6-4-2)19-25(23)24/h9,12-19H,3-8,10-11H2,1-2H3. The van der Waals surface area contributed by atoms with Crippen LogP contribution in [-0.2, 0) is 6.42 Å². The summed E-state index contributed by atoms with van der Waals surface area (Å²) in [5.41, 5.74) is 8.46. The van der Waals surface area contributed by atoms with E-state index >= 15 is 0 Å². The third kappa shape index (κ3) is 4.63. The first-order valence-electron chi connectivity index (χ1n) is 10.1. The lowest BCUT2D eigenvalue weighted by molar-refractivity contribution is 0.667. The molecule has 0 aromatic heterocycles. The van der Waals surface area contributed by atoms with Gasteiger partial charge >= 0.3 is 0 Å². The monoisotopic (exact) mass is 331 g/mol. The van der Waals surface area contributed by atoms with Crippen molar-refractivity contribution in [1.82, 2.24) is 0 Å². The van der Waals surface area contributed by atoms with Crippen LogP contribution in [0.15, 0.2) is 48.0 Å². The molecule has 0 heteroatoms. The molecule has 1 aliphatic rings. The zero-order valence-corrected chi connectivity index (χ0v) is 15.9. The molecule has 0 saturated heterocycles. The molecule has 0 N–H and O–H groups in total. The number of fused-ring (bicyclic) bond motifs is 1. The van der Waals surface area contributed by atoms with Crippen LogP contribution in [0.1, 0.15) is 75.5 Å². The molecule has 2 aromatic rings. The smallest absolute Gasteiger partial charge is 0.0164 e. The van der Waals surface area contributed by atoms with Crippen molar-refractivity contribution >= 4 is 6.08 Å². The highest BCUT2D eigenvalue weighted by Gasteiger charge is 2.16. The van der Waals surface area contributed by atoms with Gasteiger partial charge in [-0.2, -0.15) is 0 Å². The minimum atomic E-state index is 1.20. The average molecular weight is 332 g/mol. The molecule has 1 radical (unpaired) electrons. The topological polar surface area (TPSA) is 0 Å². The second-order valence-electron chi connectivity index (χ2n) is 7.28. The summed E-state index contributed by atoms with van der Waals surface area (Å²) < 4.78 is 0. The van der Waals surface area contributed by atoms with Crippen molar-refractivity contribution in [3.63, 3.8) is 0 Å². The van der Waals surface area contributed by atoms with E-state index in [1.54, 1.807) is 0 Å².